The summed E-state index contributed by atoms with van der Waals surface area (Å²) in [5.74, 6) is -0.634. The van der Waals surface area contributed by atoms with Crippen LogP contribution in [0.3, 0.4) is 0 Å². The van der Waals surface area contributed by atoms with Gasteiger partial charge in [0.05, 0.1) is 6.42 Å². The van der Waals surface area contributed by atoms with Crippen molar-refractivity contribution in [1.82, 2.24) is 0 Å². The van der Waals surface area contributed by atoms with Gasteiger partial charge in [0, 0.05) is 15.5 Å². The highest BCUT2D eigenvalue weighted by Crippen LogP contribution is 2.55. The maximum Gasteiger partial charge on any atom is 0.304 e. The van der Waals surface area contributed by atoms with Gasteiger partial charge in [-0.05, 0) is 25.0 Å². The summed E-state index contributed by atoms with van der Waals surface area (Å²) in [5, 5.41) is 18.6. The van der Waals surface area contributed by atoms with E-state index in [1.165, 1.54) is 0 Å². The molecule has 2 N–H and O–H groups in total. The largest absolute Gasteiger partial charge is 0.508 e. The van der Waals surface area contributed by atoms with Crippen LogP contribution in [-0.4, -0.2) is 16.2 Å². The summed E-state index contributed by atoms with van der Waals surface area (Å²) >= 11 is 3.36. The molecule has 15 heavy (non-hydrogen) atoms. The number of phenols is 1. The van der Waals surface area contributed by atoms with Crippen LogP contribution in [0.2, 0.25) is 0 Å². The Hall–Kier alpha value is -1.03. The Balaban J connectivity index is 2.41. The normalized spacial score (nSPS) is 17.4. The van der Waals surface area contributed by atoms with Gasteiger partial charge in [0.15, 0.2) is 0 Å². The van der Waals surface area contributed by atoms with Crippen LogP contribution in [0.15, 0.2) is 22.7 Å². The van der Waals surface area contributed by atoms with Gasteiger partial charge in [0.2, 0.25) is 0 Å². The fourth-order valence-corrected chi connectivity index (χ4v) is 2.77. The third-order valence-electron chi connectivity index (χ3n) is 2.87. The van der Waals surface area contributed by atoms with E-state index in [0.29, 0.717) is 0 Å². The maximum atomic E-state index is 10.8. The van der Waals surface area contributed by atoms with Gasteiger partial charge in [-0.15, -0.1) is 0 Å². The fraction of sp³-hybridized carbons (Fsp3) is 0.364. The highest BCUT2D eigenvalue weighted by Gasteiger charge is 2.48. The van der Waals surface area contributed by atoms with Crippen molar-refractivity contribution in [3.05, 3.63) is 28.2 Å². The van der Waals surface area contributed by atoms with Crippen LogP contribution in [0.4, 0.5) is 0 Å². The molecular weight excluding hydrogens is 260 g/mol. The molecule has 80 valence electrons. The Bertz CT molecular complexity index is 390. The quantitative estimate of drug-likeness (QED) is 0.888. The topological polar surface area (TPSA) is 57.5 Å². The van der Waals surface area contributed by atoms with Gasteiger partial charge in [0.25, 0.3) is 0 Å². The first-order valence-corrected chi connectivity index (χ1v) is 5.54. The Kier molecular flexibility index (Phi) is 2.46. The molecule has 1 aromatic rings. The second-order valence-electron chi connectivity index (χ2n) is 3.98. The SMILES string of the molecule is O=C(O)CC1(c2c(O)cccc2Br)CC1. The number of halogens is 1. The molecule has 1 aromatic carbocycles. The molecule has 0 atom stereocenters. The van der Waals surface area contributed by atoms with Crippen LogP contribution < -0.4 is 0 Å². The summed E-state index contributed by atoms with van der Waals surface area (Å²) in [6.45, 7) is 0. The van der Waals surface area contributed by atoms with E-state index in [0.717, 1.165) is 22.9 Å². The van der Waals surface area contributed by atoms with Gasteiger partial charge < -0.3 is 10.2 Å². The Morgan fingerprint density at radius 3 is 2.60 bits per heavy atom. The van der Waals surface area contributed by atoms with Gasteiger partial charge in [-0.25, -0.2) is 0 Å². The number of hydrogen-bond acceptors (Lipinski definition) is 2. The molecule has 4 heteroatoms. The zero-order valence-electron chi connectivity index (χ0n) is 8.03. The average molecular weight is 271 g/mol. The summed E-state index contributed by atoms with van der Waals surface area (Å²) in [5.41, 5.74) is 0.392. The number of phenolic OH excluding ortho intramolecular Hbond substituents is 1. The van der Waals surface area contributed by atoms with Crippen LogP contribution in [0.25, 0.3) is 0 Å². The van der Waals surface area contributed by atoms with Crippen molar-refractivity contribution in [2.75, 3.05) is 0 Å². The molecule has 1 saturated carbocycles. The maximum absolute atomic E-state index is 10.8. The van der Waals surface area contributed by atoms with Crippen LogP contribution in [0.5, 0.6) is 5.75 Å². The number of hydrogen-bond donors (Lipinski definition) is 2. The lowest BCUT2D eigenvalue weighted by atomic mass is 9.92. The summed E-state index contributed by atoms with van der Waals surface area (Å²) < 4.78 is 0.793. The number of aliphatic carboxylic acids is 1. The number of carboxylic acids is 1. The number of carbonyl (C=O) groups is 1. The van der Waals surface area contributed by atoms with E-state index in [1.807, 2.05) is 6.07 Å². The Labute approximate surface area is 95.9 Å². The van der Waals surface area contributed by atoms with Gasteiger partial charge in [-0.3, -0.25) is 4.79 Å². The van der Waals surface area contributed by atoms with E-state index in [9.17, 15) is 9.90 Å². The smallest absolute Gasteiger partial charge is 0.304 e. The van der Waals surface area contributed by atoms with Gasteiger partial charge in [-0.1, -0.05) is 22.0 Å². The van der Waals surface area contributed by atoms with Gasteiger partial charge in [-0.2, -0.15) is 0 Å². The molecule has 0 bridgehead atoms. The van der Waals surface area contributed by atoms with E-state index in [2.05, 4.69) is 15.9 Å². The van der Waals surface area contributed by atoms with Gasteiger partial charge >= 0.3 is 5.97 Å². The molecule has 1 aliphatic rings. The van der Waals surface area contributed by atoms with Crippen molar-refractivity contribution < 1.29 is 15.0 Å². The lowest BCUT2D eigenvalue weighted by Crippen LogP contribution is -2.13. The van der Waals surface area contributed by atoms with E-state index in [1.54, 1.807) is 12.1 Å². The van der Waals surface area contributed by atoms with Crippen LogP contribution >= 0.6 is 15.9 Å². The lowest BCUT2D eigenvalue weighted by Gasteiger charge is -2.16. The standard InChI is InChI=1S/C11H11BrO3/c12-7-2-1-3-8(13)10(7)11(4-5-11)6-9(14)15/h1-3,13H,4-6H2,(H,14,15). The summed E-state index contributed by atoms with van der Waals surface area (Å²) in [4.78, 5) is 10.8. The first-order chi connectivity index (χ1) is 7.05. The van der Waals surface area contributed by atoms with Crippen molar-refractivity contribution >= 4 is 21.9 Å². The van der Waals surface area contributed by atoms with Crippen molar-refractivity contribution in [2.45, 2.75) is 24.7 Å². The number of rotatable bonds is 3. The molecular formula is C11H11BrO3. The molecule has 0 radical (unpaired) electrons. The zero-order chi connectivity index (χ0) is 11.1. The van der Waals surface area contributed by atoms with Crippen LogP contribution in [0.1, 0.15) is 24.8 Å². The molecule has 1 aliphatic carbocycles. The molecule has 0 saturated heterocycles. The number of aromatic hydroxyl groups is 1. The van der Waals surface area contributed by atoms with Crippen molar-refractivity contribution in [3.63, 3.8) is 0 Å². The third-order valence-corrected chi connectivity index (χ3v) is 3.53. The van der Waals surface area contributed by atoms with E-state index in [4.69, 9.17) is 5.11 Å². The molecule has 0 spiro atoms. The first-order valence-electron chi connectivity index (χ1n) is 4.75. The highest BCUT2D eigenvalue weighted by molar-refractivity contribution is 9.10. The monoisotopic (exact) mass is 270 g/mol. The fourth-order valence-electron chi connectivity index (χ4n) is 1.99. The van der Waals surface area contributed by atoms with Crippen molar-refractivity contribution in [3.8, 4) is 5.75 Å². The first kappa shape index (κ1) is 10.5. The van der Waals surface area contributed by atoms with Crippen LogP contribution in [0, 0.1) is 0 Å². The van der Waals surface area contributed by atoms with Crippen molar-refractivity contribution in [2.24, 2.45) is 0 Å². The average Bonchev–Trinajstić information content (AvgIpc) is 2.83. The predicted molar refractivity (Wildman–Crippen MR) is 59.0 cm³/mol. The van der Waals surface area contributed by atoms with E-state index >= 15 is 0 Å². The van der Waals surface area contributed by atoms with Gasteiger partial charge in [0.1, 0.15) is 5.75 Å². The molecule has 0 unspecified atom stereocenters. The minimum absolute atomic E-state index is 0.0865. The molecule has 2 rings (SSSR count). The van der Waals surface area contributed by atoms with Crippen molar-refractivity contribution in [1.29, 1.82) is 0 Å². The Morgan fingerprint density at radius 2 is 2.13 bits per heavy atom. The molecule has 0 heterocycles. The summed E-state index contributed by atoms with van der Waals surface area (Å²) in [6.07, 6.45) is 1.74. The minimum Gasteiger partial charge on any atom is -0.508 e. The molecule has 0 aliphatic heterocycles. The molecule has 3 nitrogen and oxygen atoms in total. The molecule has 0 aromatic heterocycles. The van der Waals surface area contributed by atoms with Crippen LogP contribution in [-0.2, 0) is 10.2 Å². The summed E-state index contributed by atoms with van der Waals surface area (Å²) in [7, 11) is 0. The minimum atomic E-state index is -0.817. The highest BCUT2D eigenvalue weighted by atomic mass is 79.9. The zero-order valence-corrected chi connectivity index (χ0v) is 9.62. The number of carboxylic acid groups (broad SMARTS) is 1. The molecule has 0 amide bonds. The molecule has 1 fully saturated rings. The second-order valence-corrected chi connectivity index (χ2v) is 4.84. The summed E-state index contributed by atoms with van der Waals surface area (Å²) in [6, 6.07) is 5.17. The lowest BCUT2D eigenvalue weighted by molar-refractivity contribution is -0.137. The number of benzene rings is 1. The van der Waals surface area contributed by atoms with E-state index in [-0.39, 0.29) is 17.6 Å². The third kappa shape index (κ3) is 1.86. The Morgan fingerprint density at radius 1 is 1.47 bits per heavy atom. The van der Waals surface area contributed by atoms with E-state index < -0.39 is 5.97 Å². The second kappa shape index (κ2) is 3.52. The predicted octanol–water partition coefficient (Wildman–Crippen LogP) is 2.66.